The van der Waals surface area contributed by atoms with Crippen LogP contribution in [-0.2, 0) is 28.2 Å². The number of fused-ring (bicyclic) bond motifs is 3. The zero-order valence-corrected chi connectivity index (χ0v) is 38.6. The summed E-state index contributed by atoms with van der Waals surface area (Å²) in [6, 6.07) is 30.6. The summed E-state index contributed by atoms with van der Waals surface area (Å²) < 4.78 is 2.28. The van der Waals surface area contributed by atoms with Gasteiger partial charge in [0.2, 0.25) is 0 Å². The van der Waals surface area contributed by atoms with Crippen molar-refractivity contribution in [2.24, 2.45) is 22.7 Å². The minimum absolute atomic E-state index is 0.00588. The van der Waals surface area contributed by atoms with Gasteiger partial charge in [0.15, 0.2) is 0 Å². The van der Waals surface area contributed by atoms with Gasteiger partial charge >= 0.3 is 0 Å². The largest absolute Gasteiger partial charge is 0.507 e. The van der Waals surface area contributed by atoms with E-state index in [0.717, 1.165) is 68.1 Å². The van der Waals surface area contributed by atoms with Gasteiger partial charge in [0.05, 0.1) is 28.1 Å². The summed E-state index contributed by atoms with van der Waals surface area (Å²) in [5.74, 6) is 3.09. The molecule has 0 spiro atoms. The van der Waals surface area contributed by atoms with E-state index in [0.29, 0.717) is 12.3 Å². The van der Waals surface area contributed by atoms with Crippen LogP contribution >= 0.6 is 0 Å². The first kappa shape index (κ1) is 41.3. The predicted octanol–water partition coefficient (Wildman–Crippen LogP) is 14.3. The number of anilines is 1. The zero-order valence-electron chi connectivity index (χ0n) is 38.6. The number of benzene rings is 5. The Morgan fingerprint density at radius 1 is 0.672 bits per heavy atom. The molecule has 5 aromatic carbocycles. The highest BCUT2D eigenvalue weighted by atomic mass is 16.3. The van der Waals surface area contributed by atoms with Crippen LogP contribution in [0.3, 0.4) is 0 Å². The average molecular weight is 814 g/mol. The molecule has 5 heteroatoms. The molecule has 61 heavy (non-hydrogen) atoms. The van der Waals surface area contributed by atoms with Gasteiger partial charge in [-0.05, 0) is 162 Å². The second kappa shape index (κ2) is 14.5. The zero-order chi connectivity index (χ0) is 43.4. The van der Waals surface area contributed by atoms with E-state index < -0.39 is 0 Å². The molecular formula is C56H67N3O2. The molecule has 0 amide bonds. The van der Waals surface area contributed by atoms with Gasteiger partial charge in [-0.3, -0.25) is 4.99 Å². The van der Waals surface area contributed by atoms with Crippen LogP contribution in [-0.4, -0.2) is 28.0 Å². The van der Waals surface area contributed by atoms with Gasteiger partial charge in [0.25, 0.3) is 0 Å². The van der Waals surface area contributed by atoms with E-state index in [9.17, 15) is 10.2 Å². The Bertz CT molecular complexity index is 2600. The van der Waals surface area contributed by atoms with Crippen molar-refractivity contribution in [2.45, 2.75) is 136 Å². The lowest BCUT2D eigenvalue weighted by Gasteiger charge is -2.57. The van der Waals surface area contributed by atoms with Crippen molar-refractivity contribution in [1.82, 2.24) is 4.57 Å². The van der Waals surface area contributed by atoms with Crippen LogP contribution < -0.4 is 4.90 Å². The number of phenols is 2. The molecule has 318 valence electrons. The molecule has 0 unspecified atom stereocenters. The third-order valence-corrected chi connectivity index (χ3v) is 14.7. The van der Waals surface area contributed by atoms with Gasteiger partial charge in [-0.25, -0.2) is 0 Å². The van der Waals surface area contributed by atoms with E-state index in [-0.39, 0.29) is 27.4 Å². The van der Waals surface area contributed by atoms with E-state index in [1.165, 1.54) is 66.0 Å². The van der Waals surface area contributed by atoms with Crippen molar-refractivity contribution in [3.05, 3.63) is 124 Å². The highest BCUT2D eigenvalue weighted by molar-refractivity contribution is 6.10. The third-order valence-electron chi connectivity index (χ3n) is 14.7. The lowest BCUT2D eigenvalue weighted by molar-refractivity contribution is -0.00616. The van der Waals surface area contributed by atoms with Crippen LogP contribution in [0.25, 0.3) is 27.5 Å². The van der Waals surface area contributed by atoms with E-state index >= 15 is 0 Å². The molecule has 5 nitrogen and oxygen atoms in total. The van der Waals surface area contributed by atoms with Gasteiger partial charge in [-0.15, -0.1) is 0 Å². The summed E-state index contributed by atoms with van der Waals surface area (Å²) in [4.78, 5) is 7.28. The Labute approximate surface area is 364 Å². The highest BCUT2D eigenvalue weighted by Crippen LogP contribution is 2.62. The molecule has 0 aliphatic heterocycles. The quantitative estimate of drug-likeness (QED) is 0.158. The Balaban J connectivity index is 1.10. The lowest BCUT2D eigenvalue weighted by atomic mass is 9.48. The molecule has 4 fully saturated rings. The van der Waals surface area contributed by atoms with Gasteiger partial charge < -0.3 is 19.7 Å². The van der Waals surface area contributed by atoms with E-state index in [1.54, 1.807) is 0 Å². The highest BCUT2D eigenvalue weighted by Gasteiger charge is 2.52. The third kappa shape index (κ3) is 7.44. The van der Waals surface area contributed by atoms with Crippen molar-refractivity contribution < 1.29 is 10.2 Å². The second-order valence-corrected chi connectivity index (χ2v) is 22.6. The maximum Gasteiger partial charge on any atom is 0.144 e. The smallest absolute Gasteiger partial charge is 0.144 e. The van der Waals surface area contributed by atoms with Crippen LogP contribution in [0.1, 0.15) is 140 Å². The van der Waals surface area contributed by atoms with Gasteiger partial charge in [-0.1, -0.05) is 92.6 Å². The molecule has 0 saturated heterocycles. The van der Waals surface area contributed by atoms with Crippen molar-refractivity contribution in [3.63, 3.8) is 0 Å². The molecule has 0 atom stereocenters. The SMILES string of the molecule is Cc1cc(C=Nc2ccccc2N(C)Cc2cc(C(C)(C)C)cc(-n3c4ccc(C(C)(C)C)cc4c4cc(C(C)(C)C)ccc43)c2O)c(O)c(C23CC4CC(CC(C4)C2)C3)c1. The molecule has 1 aromatic heterocycles. The monoisotopic (exact) mass is 814 g/mol. The molecule has 0 radical (unpaired) electrons. The number of nitrogens with zero attached hydrogens (tertiary/aromatic N) is 3. The number of para-hydroxylation sites is 2. The fourth-order valence-corrected chi connectivity index (χ4v) is 11.7. The number of hydrogen-bond donors (Lipinski definition) is 2. The lowest BCUT2D eigenvalue weighted by Crippen LogP contribution is -2.48. The van der Waals surface area contributed by atoms with E-state index in [4.69, 9.17) is 4.99 Å². The number of aromatic nitrogens is 1. The van der Waals surface area contributed by atoms with E-state index in [1.807, 2.05) is 24.4 Å². The summed E-state index contributed by atoms with van der Waals surface area (Å²) in [5.41, 5.74) is 12.4. The minimum Gasteiger partial charge on any atom is -0.507 e. The van der Waals surface area contributed by atoms with Gasteiger partial charge in [0.1, 0.15) is 11.5 Å². The Morgan fingerprint density at radius 3 is 1.75 bits per heavy atom. The summed E-state index contributed by atoms with van der Waals surface area (Å²) in [6.45, 7) is 23.0. The van der Waals surface area contributed by atoms with E-state index in [2.05, 4.69) is 152 Å². The molecule has 1 heterocycles. The maximum atomic E-state index is 12.5. The molecule has 4 aliphatic carbocycles. The fourth-order valence-electron chi connectivity index (χ4n) is 11.7. The average Bonchev–Trinajstić information content (AvgIpc) is 3.50. The topological polar surface area (TPSA) is 61.0 Å². The second-order valence-electron chi connectivity index (χ2n) is 22.6. The standard InChI is InChI=1S/C56H67N3O2/c1-34-20-38(51(60)45(21-34)56-29-35-22-36(30-56)24-37(23-35)31-56)32-57-46-14-12-13-15-49(46)58(11)33-39-25-42(55(8,9)10)28-50(52(39)61)59-47-18-16-40(53(2,3)4)26-43(47)44-27-41(54(5,6)7)17-19-48(44)59/h12-21,25-28,32,35-37,60-61H,22-24,29-31,33H2,1-11H3. The number of aliphatic imine (C=N–C) groups is 1. The number of hydrogen-bond acceptors (Lipinski definition) is 4. The molecule has 2 N–H and O–H groups in total. The van der Waals surface area contributed by atoms with Crippen molar-refractivity contribution in [2.75, 3.05) is 11.9 Å². The number of aryl methyl sites for hydroxylation is 1. The predicted molar refractivity (Wildman–Crippen MR) is 257 cm³/mol. The van der Waals surface area contributed by atoms with Crippen molar-refractivity contribution >= 4 is 39.4 Å². The number of rotatable bonds is 7. The maximum absolute atomic E-state index is 12.5. The summed E-state index contributed by atoms with van der Waals surface area (Å²) in [7, 11) is 2.08. The van der Waals surface area contributed by atoms with Crippen LogP contribution in [0.4, 0.5) is 11.4 Å². The van der Waals surface area contributed by atoms with Crippen LogP contribution in [0.2, 0.25) is 0 Å². The summed E-state index contributed by atoms with van der Waals surface area (Å²) in [6.07, 6.45) is 9.62. The normalized spacial score (nSPS) is 21.7. The molecule has 4 bridgehead atoms. The van der Waals surface area contributed by atoms with Crippen molar-refractivity contribution in [3.8, 4) is 17.2 Å². The summed E-state index contributed by atoms with van der Waals surface area (Å²) >= 11 is 0. The molecule has 10 rings (SSSR count). The number of aromatic hydroxyl groups is 2. The van der Waals surface area contributed by atoms with Crippen LogP contribution in [0, 0.1) is 24.7 Å². The molecule has 4 aliphatic rings. The first-order valence-corrected chi connectivity index (χ1v) is 22.8. The first-order chi connectivity index (χ1) is 28.7. The minimum atomic E-state index is -0.166. The molecule has 6 aromatic rings. The Morgan fingerprint density at radius 2 is 1.21 bits per heavy atom. The Kier molecular flexibility index (Phi) is 9.85. The molecule has 4 saturated carbocycles. The molecular weight excluding hydrogens is 747 g/mol. The summed E-state index contributed by atoms with van der Waals surface area (Å²) in [5, 5.41) is 26.9. The Hall–Kier alpha value is -5.03. The first-order valence-electron chi connectivity index (χ1n) is 22.8. The fraction of sp³-hybridized carbons (Fsp3) is 0.446. The van der Waals surface area contributed by atoms with Crippen LogP contribution in [0.15, 0.2) is 89.9 Å². The van der Waals surface area contributed by atoms with Crippen LogP contribution in [0.5, 0.6) is 11.5 Å². The number of phenolic OH excluding ortho intramolecular Hbond substituents is 2. The van der Waals surface area contributed by atoms with Crippen molar-refractivity contribution in [1.29, 1.82) is 0 Å². The van der Waals surface area contributed by atoms with Gasteiger partial charge in [0, 0.05) is 47.3 Å². The van der Waals surface area contributed by atoms with Gasteiger partial charge in [-0.2, -0.15) is 0 Å².